The fourth-order valence-electron chi connectivity index (χ4n) is 2.90. The van der Waals surface area contributed by atoms with Gasteiger partial charge in [0.25, 0.3) is 0 Å². The van der Waals surface area contributed by atoms with Crippen molar-refractivity contribution in [2.24, 2.45) is 0 Å². The van der Waals surface area contributed by atoms with Crippen LogP contribution in [0, 0.1) is 0 Å². The molecule has 21 heavy (non-hydrogen) atoms. The number of carbonyl (C=O) groups is 1. The fraction of sp³-hybridized carbons (Fsp3) is 0.0556. The molecule has 0 fully saturated rings. The number of hydrogen-bond acceptors (Lipinski definition) is 1. The average Bonchev–Trinajstić information content (AvgIpc) is 2.47. The lowest BCUT2D eigenvalue weighted by Crippen LogP contribution is -2.28. The summed E-state index contributed by atoms with van der Waals surface area (Å²) >= 11 is 12.5. The van der Waals surface area contributed by atoms with Crippen molar-refractivity contribution in [2.75, 3.05) is 0 Å². The molecule has 3 heteroatoms. The summed E-state index contributed by atoms with van der Waals surface area (Å²) in [5.74, 6) is 0.127. The highest BCUT2D eigenvalue weighted by molar-refractivity contribution is 6.38. The van der Waals surface area contributed by atoms with Gasteiger partial charge in [-0.1, -0.05) is 35.3 Å². The number of rotatable bonds is 0. The summed E-state index contributed by atoms with van der Waals surface area (Å²) in [5.41, 5.74) is 0. The van der Waals surface area contributed by atoms with Crippen molar-refractivity contribution in [2.45, 2.75) is 6.42 Å². The zero-order chi connectivity index (χ0) is 14.6. The molecule has 0 saturated carbocycles. The Morgan fingerprint density at radius 1 is 0.857 bits per heavy atom. The molecule has 0 aliphatic heterocycles. The number of carbonyl (C=O) groups excluding carboxylic acids is 1. The van der Waals surface area contributed by atoms with Gasteiger partial charge in [0.05, 0.1) is 0 Å². The van der Waals surface area contributed by atoms with Gasteiger partial charge < -0.3 is 0 Å². The molecule has 0 spiro atoms. The summed E-state index contributed by atoms with van der Waals surface area (Å²) in [6, 6.07) is 11.8. The van der Waals surface area contributed by atoms with Crippen LogP contribution in [0.5, 0.6) is 0 Å². The molecule has 0 aromatic heterocycles. The van der Waals surface area contributed by atoms with Crippen molar-refractivity contribution in [3.05, 3.63) is 56.9 Å². The number of hydrogen-bond donors (Lipinski definition) is 0. The Bertz CT molecular complexity index is 1050. The van der Waals surface area contributed by atoms with Crippen LogP contribution >= 0.6 is 23.2 Å². The molecule has 3 aromatic carbocycles. The molecule has 3 aromatic rings. The Labute approximate surface area is 131 Å². The molecule has 1 aliphatic rings. The maximum absolute atomic E-state index is 11.6. The second-order valence-corrected chi connectivity index (χ2v) is 6.11. The van der Waals surface area contributed by atoms with Gasteiger partial charge in [0, 0.05) is 21.9 Å². The lowest BCUT2D eigenvalue weighted by Gasteiger charge is -2.09. The summed E-state index contributed by atoms with van der Waals surface area (Å²) in [6.07, 6.45) is 4.11. The molecule has 0 bridgehead atoms. The van der Waals surface area contributed by atoms with Gasteiger partial charge in [0.2, 0.25) is 0 Å². The molecule has 0 amide bonds. The molecule has 1 aliphatic carbocycles. The summed E-state index contributed by atoms with van der Waals surface area (Å²) in [7, 11) is 0. The van der Waals surface area contributed by atoms with Crippen LogP contribution in [-0.4, -0.2) is 5.78 Å². The zero-order valence-corrected chi connectivity index (χ0v) is 12.5. The average molecular weight is 313 g/mol. The van der Waals surface area contributed by atoms with E-state index < -0.39 is 0 Å². The minimum Gasteiger partial charge on any atom is -0.294 e. The highest BCUT2D eigenvalue weighted by atomic mass is 35.5. The van der Waals surface area contributed by atoms with E-state index in [1.807, 2.05) is 36.4 Å². The van der Waals surface area contributed by atoms with E-state index in [-0.39, 0.29) is 5.78 Å². The van der Waals surface area contributed by atoms with Crippen LogP contribution in [0.1, 0.15) is 6.42 Å². The van der Waals surface area contributed by atoms with Gasteiger partial charge in [-0.15, -0.1) is 0 Å². The fourth-order valence-corrected chi connectivity index (χ4v) is 3.35. The van der Waals surface area contributed by atoms with Crippen molar-refractivity contribution in [1.29, 1.82) is 0 Å². The molecule has 102 valence electrons. The van der Waals surface area contributed by atoms with Gasteiger partial charge >= 0.3 is 0 Å². The Balaban J connectivity index is 2.26. The van der Waals surface area contributed by atoms with Gasteiger partial charge in [-0.2, -0.15) is 0 Å². The molecule has 0 N–H and O–H groups in total. The number of ketones is 1. The van der Waals surface area contributed by atoms with Crippen LogP contribution in [0.25, 0.3) is 33.7 Å². The number of Topliss-reactive ketones (excluding diaryl/α,β-unsaturated/α-hetero) is 1. The van der Waals surface area contributed by atoms with Crippen LogP contribution in [0.3, 0.4) is 0 Å². The van der Waals surface area contributed by atoms with Crippen LogP contribution in [0.15, 0.2) is 36.4 Å². The minimum atomic E-state index is 0.127. The first kappa shape index (κ1) is 12.9. The van der Waals surface area contributed by atoms with E-state index >= 15 is 0 Å². The molecule has 0 unspecified atom stereocenters. The summed E-state index contributed by atoms with van der Waals surface area (Å²) < 4.78 is 0. The second kappa shape index (κ2) is 4.59. The Kier molecular flexibility index (Phi) is 2.81. The third-order valence-electron chi connectivity index (χ3n) is 3.91. The lowest BCUT2D eigenvalue weighted by molar-refractivity contribution is -0.112. The minimum absolute atomic E-state index is 0.127. The smallest absolute Gasteiger partial charge is 0.160 e. The van der Waals surface area contributed by atoms with Crippen LogP contribution < -0.4 is 10.4 Å². The molecular weight excluding hydrogens is 303 g/mol. The predicted molar refractivity (Wildman–Crippen MR) is 89.3 cm³/mol. The Hall–Kier alpha value is -1.83. The van der Waals surface area contributed by atoms with Crippen molar-refractivity contribution in [3.63, 3.8) is 0 Å². The largest absolute Gasteiger partial charge is 0.294 e. The molecule has 1 nitrogen and oxygen atoms in total. The van der Waals surface area contributed by atoms with Crippen molar-refractivity contribution < 1.29 is 4.79 Å². The molecule has 0 radical (unpaired) electrons. The first-order valence-corrected chi connectivity index (χ1v) is 7.44. The van der Waals surface area contributed by atoms with E-state index in [2.05, 4.69) is 6.07 Å². The normalized spacial score (nSPS) is 13.9. The molecule has 0 atom stereocenters. The van der Waals surface area contributed by atoms with Gasteiger partial charge in [-0.25, -0.2) is 0 Å². The summed E-state index contributed by atoms with van der Waals surface area (Å²) in [6.45, 7) is 0. The second-order valence-electron chi connectivity index (χ2n) is 5.27. The summed E-state index contributed by atoms with van der Waals surface area (Å²) in [5, 5.41) is 7.56. The van der Waals surface area contributed by atoms with Crippen molar-refractivity contribution in [3.8, 4) is 0 Å². The summed E-state index contributed by atoms with van der Waals surface area (Å²) in [4.78, 5) is 11.6. The third-order valence-corrected chi connectivity index (χ3v) is 4.46. The third kappa shape index (κ3) is 2.05. The lowest BCUT2D eigenvalue weighted by atomic mass is 9.98. The Morgan fingerprint density at radius 3 is 2.52 bits per heavy atom. The van der Waals surface area contributed by atoms with Crippen LogP contribution in [0.4, 0.5) is 0 Å². The van der Waals surface area contributed by atoms with Gasteiger partial charge in [0.1, 0.15) is 0 Å². The standard InChI is InChI=1S/C18H10Cl2O/c19-13-3-1-11-8-18(20)17-7-12-5-14(21)4-2-10(12)6-16(17)15(11)9-13/h1-3,5-9H,4H2. The molecule has 0 saturated heterocycles. The van der Waals surface area contributed by atoms with E-state index in [1.165, 1.54) is 0 Å². The molecular formula is C18H10Cl2O. The first-order valence-electron chi connectivity index (χ1n) is 6.68. The number of fused-ring (bicyclic) bond motifs is 4. The maximum Gasteiger partial charge on any atom is 0.160 e. The predicted octanol–water partition coefficient (Wildman–Crippen LogP) is 3.83. The highest BCUT2D eigenvalue weighted by Crippen LogP contribution is 2.31. The SMILES string of the molecule is O=C1C=c2cc3c(Cl)cc4ccc(Cl)cc4c3cc2=CC1. The van der Waals surface area contributed by atoms with Crippen molar-refractivity contribution in [1.82, 2.24) is 0 Å². The maximum atomic E-state index is 11.6. The molecule has 4 rings (SSSR count). The van der Waals surface area contributed by atoms with E-state index in [4.69, 9.17) is 23.2 Å². The first-order chi connectivity index (χ1) is 10.1. The van der Waals surface area contributed by atoms with Crippen LogP contribution in [0.2, 0.25) is 10.0 Å². The highest BCUT2D eigenvalue weighted by Gasteiger charge is 2.09. The number of benzene rings is 3. The quantitative estimate of drug-likeness (QED) is 0.577. The van der Waals surface area contributed by atoms with Crippen molar-refractivity contribution >= 4 is 62.7 Å². The number of halogens is 2. The topological polar surface area (TPSA) is 17.1 Å². The van der Waals surface area contributed by atoms with E-state index in [9.17, 15) is 4.79 Å². The van der Waals surface area contributed by atoms with E-state index in [1.54, 1.807) is 6.08 Å². The van der Waals surface area contributed by atoms with Crippen LogP contribution in [-0.2, 0) is 4.79 Å². The van der Waals surface area contributed by atoms with Gasteiger partial charge in [0.15, 0.2) is 5.78 Å². The molecule has 0 heterocycles. The monoisotopic (exact) mass is 312 g/mol. The Morgan fingerprint density at radius 2 is 1.67 bits per heavy atom. The van der Waals surface area contributed by atoms with Gasteiger partial charge in [-0.3, -0.25) is 4.79 Å². The zero-order valence-electron chi connectivity index (χ0n) is 11.0. The van der Waals surface area contributed by atoms with E-state index in [0.717, 1.165) is 32.0 Å². The van der Waals surface area contributed by atoms with E-state index in [0.29, 0.717) is 16.5 Å². The van der Waals surface area contributed by atoms with Gasteiger partial charge in [-0.05, 0) is 63.0 Å².